The van der Waals surface area contributed by atoms with Gasteiger partial charge in [0.05, 0.1) is 5.92 Å². The molecule has 3 rings (SSSR count). The highest BCUT2D eigenvalue weighted by molar-refractivity contribution is 7.77. The number of carbonyl (C=O) groups excluding carboxylic acids is 1. The molecule has 0 aromatic rings. The van der Waals surface area contributed by atoms with Gasteiger partial charge in [-0.25, -0.2) is 4.39 Å². The first-order valence-corrected chi connectivity index (χ1v) is 9.59. The fourth-order valence-electron chi connectivity index (χ4n) is 4.28. The predicted molar refractivity (Wildman–Crippen MR) is 96.2 cm³/mol. The quantitative estimate of drug-likeness (QED) is 0.593. The number of thiol groups is 1. The Kier molecular flexibility index (Phi) is 5.70. The van der Waals surface area contributed by atoms with Gasteiger partial charge in [-0.1, -0.05) is 31.4 Å². The average Bonchev–Trinajstić information content (AvgIpc) is 2.85. The summed E-state index contributed by atoms with van der Waals surface area (Å²) in [5.74, 6) is 0.198. The van der Waals surface area contributed by atoms with Gasteiger partial charge in [0, 0.05) is 32.4 Å². The predicted octanol–water partition coefficient (Wildman–Crippen LogP) is 4.61. The molecule has 1 spiro atoms. The molecule has 0 aromatic heterocycles. The Morgan fingerprint density at radius 3 is 2.92 bits per heavy atom. The normalized spacial score (nSPS) is 33.5. The lowest BCUT2D eigenvalue weighted by Crippen LogP contribution is -2.35. The van der Waals surface area contributed by atoms with Gasteiger partial charge in [-0.05, 0) is 44.1 Å². The molecule has 0 amide bonds. The van der Waals surface area contributed by atoms with Gasteiger partial charge in [0.2, 0.25) is 0 Å². The summed E-state index contributed by atoms with van der Waals surface area (Å²) in [6.45, 7) is 4.02. The van der Waals surface area contributed by atoms with Gasteiger partial charge in [-0.3, -0.25) is 9.10 Å². The van der Waals surface area contributed by atoms with E-state index >= 15 is 0 Å². The molecule has 2 fully saturated rings. The van der Waals surface area contributed by atoms with Crippen LogP contribution in [0.5, 0.6) is 0 Å². The second-order valence-electron chi connectivity index (χ2n) is 7.66. The van der Waals surface area contributed by atoms with Crippen molar-refractivity contribution in [3.05, 3.63) is 23.6 Å². The molecule has 3 nitrogen and oxygen atoms in total. The summed E-state index contributed by atoms with van der Waals surface area (Å²) in [4.78, 5) is 12.5. The van der Waals surface area contributed by atoms with Gasteiger partial charge < -0.3 is 4.74 Å². The Morgan fingerprint density at radius 2 is 2.17 bits per heavy atom. The molecule has 5 heteroatoms. The van der Waals surface area contributed by atoms with E-state index in [9.17, 15) is 9.18 Å². The molecule has 0 radical (unpaired) electrons. The number of esters is 1. The minimum atomic E-state index is -0.282. The molecule has 3 aliphatic rings. The van der Waals surface area contributed by atoms with Crippen molar-refractivity contribution in [1.29, 1.82) is 0 Å². The highest BCUT2D eigenvalue weighted by Gasteiger charge is 2.46. The second-order valence-corrected chi connectivity index (χ2v) is 8.22. The first-order chi connectivity index (χ1) is 11.5. The third kappa shape index (κ3) is 4.23. The Hall–Kier alpha value is -0.810. The van der Waals surface area contributed by atoms with Crippen molar-refractivity contribution in [3.8, 4) is 0 Å². The van der Waals surface area contributed by atoms with Crippen molar-refractivity contribution in [1.82, 2.24) is 4.31 Å². The molecule has 24 heavy (non-hydrogen) atoms. The van der Waals surface area contributed by atoms with Gasteiger partial charge in [0.1, 0.15) is 11.4 Å². The molecule has 0 bridgehead atoms. The number of ether oxygens (including phenoxy) is 1. The number of halogens is 1. The van der Waals surface area contributed by atoms with Crippen molar-refractivity contribution in [3.63, 3.8) is 0 Å². The van der Waals surface area contributed by atoms with Crippen LogP contribution in [0.3, 0.4) is 0 Å². The molecule has 2 heterocycles. The summed E-state index contributed by atoms with van der Waals surface area (Å²) in [7, 11) is 0. The highest BCUT2D eigenvalue weighted by atomic mass is 32.1. The maximum absolute atomic E-state index is 13.2. The fraction of sp³-hybridized carbons (Fsp3) is 0.737. The van der Waals surface area contributed by atoms with E-state index in [2.05, 4.69) is 19.7 Å². The van der Waals surface area contributed by atoms with E-state index in [1.807, 2.05) is 10.4 Å². The molecule has 0 saturated carbocycles. The Labute approximate surface area is 149 Å². The van der Waals surface area contributed by atoms with Crippen molar-refractivity contribution in [2.24, 2.45) is 11.8 Å². The molecule has 134 valence electrons. The summed E-state index contributed by atoms with van der Waals surface area (Å²) >= 11 is 4.48. The van der Waals surface area contributed by atoms with Crippen LogP contribution < -0.4 is 0 Å². The monoisotopic (exact) mass is 353 g/mol. The van der Waals surface area contributed by atoms with Crippen LogP contribution in [0.15, 0.2) is 23.6 Å². The summed E-state index contributed by atoms with van der Waals surface area (Å²) < 4.78 is 21.1. The Morgan fingerprint density at radius 1 is 1.33 bits per heavy atom. The second kappa shape index (κ2) is 7.61. The molecular weight excluding hydrogens is 325 g/mol. The van der Waals surface area contributed by atoms with Gasteiger partial charge in [0.15, 0.2) is 0 Å². The lowest BCUT2D eigenvalue weighted by molar-refractivity contribution is -0.152. The summed E-state index contributed by atoms with van der Waals surface area (Å²) in [5, 5.41) is 0. The number of nitrogens with zero attached hydrogens (tertiary/aromatic N) is 1. The highest BCUT2D eigenvalue weighted by Crippen LogP contribution is 2.42. The maximum atomic E-state index is 13.2. The molecule has 2 aliphatic heterocycles. The van der Waals surface area contributed by atoms with Crippen LogP contribution in [0, 0.1) is 11.8 Å². The van der Waals surface area contributed by atoms with E-state index in [-0.39, 0.29) is 23.3 Å². The Bertz CT molecular complexity index is 547. The van der Waals surface area contributed by atoms with Crippen LogP contribution in [-0.4, -0.2) is 29.0 Å². The van der Waals surface area contributed by atoms with Crippen molar-refractivity contribution >= 4 is 18.8 Å². The summed E-state index contributed by atoms with van der Waals surface area (Å²) in [6, 6.07) is 0. The zero-order chi connectivity index (χ0) is 17.2. The van der Waals surface area contributed by atoms with E-state index in [0.29, 0.717) is 12.3 Å². The number of hydrogen-bond donors (Lipinski definition) is 1. The fourth-order valence-corrected chi connectivity index (χ4v) is 4.53. The molecule has 3 unspecified atom stereocenters. The van der Waals surface area contributed by atoms with Gasteiger partial charge in [0.25, 0.3) is 0 Å². The van der Waals surface area contributed by atoms with Crippen LogP contribution in [0.2, 0.25) is 0 Å². The van der Waals surface area contributed by atoms with E-state index in [0.717, 1.165) is 58.0 Å². The van der Waals surface area contributed by atoms with E-state index in [1.165, 1.54) is 5.57 Å². The van der Waals surface area contributed by atoms with Crippen LogP contribution >= 0.6 is 12.8 Å². The lowest BCUT2D eigenvalue weighted by Gasteiger charge is -2.32. The van der Waals surface area contributed by atoms with Crippen molar-refractivity contribution < 1.29 is 13.9 Å². The van der Waals surface area contributed by atoms with Crippen LogP contribution in [-0.2, 0) is 9.53 Å². The zero-order valence-corrected chi connectivity index (χ0v) is 15.4. The first-order valence-electron chi connectivity index (χ1n) is 9.19. The molecule has 2 saturated heterocycles. The molecule has 3 atom stereocenters. The van der Waals surface area contributed by atoms with E-state index in [4.69, 9.17) is 4.74 Å². The number of hydrogen-bond acceptors (Lipinski definition) is 4. The topological polar surface area (TPSA) is 29.5 Å². The molecular formula is C19H28FNO2S. The minimum Gasteiger partial charge on any atom is -0.459 e. The van der Waals surface area contributed by atoms with Crippen LogP contribution in [0.4, 0.5) is 4.39 Å². The molecule has 0 N–H and O–H groups in total. The third-order valence-electron chi connectivity index (χ3n) is 5.79. The largest absolute Gasteiger partial charge is 0.459 e. The Balaban J connectivity index is 1.62. The van der Waals surface area contributed by atoms with E-state index in [1.54, 1.807) is 6.08 Å². The minimum absolute atomic E-state index is 0.0237. The number of allylic oxidation sites excluding steroid dienone is 4. The summed E-state index contributed by atoms with van der Waals surface area (Å²) in [5.41, 5.74) is 0.972. The maximum Gasteiger partial charge on any atom is 0.309 e. The van der Waals surface area contributed by atoms with Gasteiger partial charge in [-0.2, -0.15) is 0 Å². The molecule has 0 aromatic carbocycles. The standard InChI is InChI=1S/C19H28FNO2S/c1-14(15-4-6-17(20)7-5-15)12-16-13-19(23-18(16)22)8-2-3-10-21(24)11-9-19/h4,6,14,16,24H,2-3,5,7-13H2,1H3. The van der Waals surface area contributed by atoms with Crippen LogP contribution in [0.1, 0.15) is 58.3 Å². The average molecular weight is 354 g/mol. The van der Waals surface area contributed by atoms with E-state index < -0.39 is 0 Å². The zero-order valence-electron chi connectivity index (χ0n) is 14.5. The smallest absolute Gasteiger partial charge is 0.309 e. The van der Waals surface area contributed by atoms with Crippen molar-refractivity contribution in [2.75, 3.05) is 13.1 Å². The number of rotatable bonds is 3. The first kappa shape index (κ1) is 18.0. The van der Waals surface area contributed by atoms with Crippen LogP contribution in [0.25, 0.3) is 0 Å². The number of carbonyl (C=O) groups is 1. The van der Waals surface area contributed by atoms with Crippen molar-refractivity contribution in [2.45, 2.75) is 63.9 Å². The summed E-state index contributed by atoms with van der Waals surface area (Å²) in [6.07, 6.45) is 10.4. The SMILES string of the molecule is CC(CC1CC2(CCCCN(S)CC2)OC1=O)C1=CC=C(F)CC1. The molecule has 1 aliphatic carbocycles. The van der Waals surface area contributed by atoms with Gasteiger partial charge in [-0.15, -0.1) is 0 Å². The van der Waals surface area contributed by atoms with Gasteiger partial charge >= 0.3 is 5.97 Å². The third-order valence-corrected chi connectivity index (χ3v) is 6.19. The lowest BCUT2D eigenvalue weighted by atomic mass is 9.80.